The molecular weight excluding hydrogens is 411 g/mol. The zero-order valence-electron chi connectivity index (χ0n) is 20.7. The van der Waals surface area contributed by atoms with Crippen molar-refractivity contribution in [3.05, 3.63) is 70.9 Å². The number of hydrogen-bond donors (Lipinski definition) is 1. The van der Waals surface area contributed by atoms with Gasteiger partial charge in [-0.05, 0) is 92.9 Å². The summed E-state index contributed by atoms with van der Waals surface area (Å²) in [6, 6.07) is 15.8. The first-order chi connectivity index (χ1) is 16.1. The Kier molecular flexibility index (Phi) is 9.80. The monoisotopic (exact) mass is 452 g/mol. The number of hydrogen-bond acceptors (Lipinski definition) is 3. The number of para-hydroxylation sites is 1. The summed E-state index contributed by atoms with van der Waals surface area (Å²) in [4.78, 5) is 4.90. The van der Waals surface area contributed by atoms with E-state index in [1.807, 2.05) is 12.1 Å². The number of nitrogens with zero attached hydrogens (tertiary/aromatic N) is 2. The third-order valence-electron chi connectivity index (χ3n) is 6.70. The second-order valence-electron chi connectivity index (χ2n) is 9.21. The summed E-state index contributed by atoms with van der Waals surface area (Å²) in [6.07, 6.45) is 7.89. The van der Waals surface area contributed by atoms with Crippen LogP contribution >= 0.6 is 0 Å². The molecular formula is C29H41FN2O. The number of aryl methyl sites for hydroxylation is 1. The van der Waals surface area contributed by atoms with Crippen LogP contribution in [0.2, 0.25) is 0 Å². The molecule has 1 heterocycles. The Bertz CT molecular complexity index is 881. The molecule has 1 aliphatic carbocycles. The van der Waals surface area contributed by atoms with Crippen LogP contribution in [0.3, 0.4) is 0 Å². The first kappa shape index (κ1) is 25.3. The number of fused-ring (bicyclic) bond motifs is 1. The minimum Gasteiger partial charge on any atom is -0.508 e. The molecule has 1 saturated carbocycles. The van der Waals surface area contributed by atoms with Gasteiger partial charge in [-0.25, -0.2) is 4.39 Å². The molecule has 0 amide bonds. The van der Waals surface area contributed by atoms with Gasteiger partial charge in [-0.15, -0.1) is 0 Å². The van der Waals surface area contributed by atoms with E-state index in [4.69, 9.17) is 5.11 Å². The number of phenolic OH excluding ortho intramolecular Hbond substituents is 1. The fourth-order valence-electron chi connectivity index (χ4n) is 4.80. The van der Waals surface area contributed by atoms with Gasteiger partial charge < -0.3 is 10.0 Å². The van der Waals surface area contributed by atoms with Crippen LogP contribution < -0.4 is 4.90 Å². The highest BCUT2D eigenvalue weighted by atomic mass is 19.1. The van der Waals surface area contributed by atoms with Crippen molar-refractivity contribution >= 4 is 5.69 Å². The van der Waals surface area contributed by atoms with E-state index < -0.39 is 0 Å². The molecule has 33 heavy (non-hydrogen) atoms. The number of anilines is 1. The molecule has 1 atom stereocenters. The summed E-state index contributed by atoms with van der Waals surface area (Å²) < 4.78 is 13.8. The third kappa shape index (κ3) is 6.60. The van der Waals surface area contributed by atoms with Crippen LogP contribution in [0, 0.1) is 0 Å². The van der Waals surface area contributed by atoms with Crippen molar-refractivity contribution in [3.8, 4) is 5.75 Å². The van der Waals surface area contributed by atoms with Gasteiger partial charge in [-0.2, -0.15) is 0 Å². The Morgan fingerprint density at radius 1 is 1.00 bits per heavy atom. The number of phenols is 1. The van der Waals surface area contributed by atoms with Crippen molar-refractivity contribution in [3.63, 3.8) is 0 Å². The molecule has 4 heteroatoms. The second-order valence-corrected chi connectivity index (χ2v) is 9.21. The van der Waals surface area contributed by atoms with Crippen LogP contribution in [0.15, 0.2) is 59.8 Å². The summed E-state index contributed by atoms with van der Waals surface area (Å²) in [6.45, 7) is 9.53. The maximum atomic E-state index is 13.8. The highest BCUT2D eigenvalue weighted by Gasteiger charge is 2.34. The van der Waals surface area contributed by atoms with Gasteiger partial charge in [0.25, 0.3) is 0 Å². The predicted octanol–water partition coefficient (Wildman–Crippen LogP) is 6.90. The number of benzene rings is 2. The van der Waals surface area contributed by atoms with Gasteiger partial charge in [-0.1, -0.05) is 51.1 Å². The van der Waals surface area contributed by atoms with Crippen LogP contribution in [0.5, 0.6) is 5.75 Å². The zero-order chi connectivity index (χ0) is 23.6. The molecule has 2 aromatic carbocycles. The van der Waals surface area contributed by atoms with Crippen LogP contribution in [0.1, 0.15) is 64.0 Å². The van der Waals surface area contributed by atoms with Crippen LogP contribution in [-0.4, -0.2) is 42.4 Å². The molecule has 2 aromatic rings. The average Bonchev–Trinajstić information content (AvgIpc) is 3.17. The first-order valence-electron chi connectivity index (χ1n) is 12.7. The molecule has 1 unspecified atom stereocenters. The average molecular weight is 453 g/mol. The van der Waals surface area contributed by atoms with E-state index in [9.17, 15) is 4.39 Å². The smallest absolute Gasteiger partial charge is 0.115 e. The van der Waals surface area contributed by atoms with Crippen molar-refractivity contribution in [2.75, 3.05) is 31.2 Å². The molecule has 180 valence electrons. The lowest BCUT2D eigenvalue weighted by molar-refractivity contribution is 0.289. The van der Waals surface area contributed by atoms with E-state index in [0.29, 0.717) is 5.75 Å². The van der Waals surface area contributed by atoms with Gasteiger partial charge in [0.05, 0.1) is 6.04 Å². The quantitative estimate of drug-likeness (QED) is 0.448. The second kappa shape index (κ2) is 12.8. The van der Waals surface area contributed by atoms with E-state index in [-0.39, 0.29) is 12.7 Å². The first-order valence-corrected chi connectivity index (χ1v) is 12.7. The maximum Gasteiger partial charge on any atom is 0.115 e. The molecule has 0 radical (unpaired) electrons. The summed E-state index contributed by atoms with van der Waals surface area (Å²) in [7, 11) is 0. The Labute approximate surface area is 199 Å². The van der Waals surface area contributed by atoms with E-state index in [2.05, 4.69) is 54.8 Å². The zero-order valence-corrected chi connectivity index (χ0v) is 20.7. The normalized spacial score (nSPS) is 16.8. The summed E-state index contributed by atoms with van der Waals surface area (Å²) in [5.74, 6) is 0.340. The lowest BCUT2D eigenvalue weighted by atomic mass is 9.89. The maximum absolute atomic E-state index is 13.8. The number of aromatic hydroxyl groups is 1. The van der Waals surface area contributed by atoms with Crippen molar-refractivity contribution in [2.24, 2.45) is 0 Å². The van der Waals surface area contributed by atoms with Crippen LogP contribution in [0.25, 0.3) is 0 Å². The van der Waals surface area contributed by atoms with Gasteiger partial charge in [0.15, 0.2) is 0 Å². The summed E-state index contributed by atoms with van der Waals surface area (Å²) in [5, 5.41) is 8.85. The van der Waals surface area contributed by atoms with Gasteiger partial charge in [0, 0.05) is 17.9 Å². The Hall–Kier alpha value is -2.33. The van der Waals surface area contributed by atoms with E-state index in [1.165, 1.54) is 54.6 Å². The molecule has 4 rings (SSSR count). The Morgan fingerprint density at radius 2 is 1.67 bits per heavy atom. The molecule has 1 aliphatic heterocycles. The standard InChI is InChI=1S/C21H31FN2.C8H10O/c1-3-12-23(13-4-2)16-21(17-9-7-10-17)24-19(15-22)14-18-8-5-6-11-20(18)24;1-2-7-3-5-8(9)6-4-7/h5-6,8,11,19H,3-4,7,9-10,12-16H2,1-2H3;3-6,9H,2H2,1H3. The van der Waals surface area contributed by atoms with Crippen molar-refractivity contribution in [1.29, 1.82) is 0 Å². The Balaban J connectivity index is 0.000000286. The van der Waals surface area contributed by atoms with Gasteiger partial charge in [-0.3, -0.25) is 4.90 Å². The molecule has 0 bridgehead atoms. The van der Waals surface area contributed by atoms with Gasteiger partial charge >= 0.3 is 0 Å². The van der Waals surface area contributed by atoms with E-state index in [0.717, 1.165) is 32.5 Å². The van der Waals surface area contributed by atoms with Gasteiger partial charge in [0.1, 0.15) is 12.4 Å². The number of allylic oxidation sites excluding steroid dienone is 1. The fourth-order valence-corrected chi connectivity index (χ4v) is 4.80. The molecule has 2 aliphatic rings. The molecule has 0 spiro atoms. The molecule has 3 nitrogen and oxygen atoms in total. The lowest BCUT2D eigenvalue weighted by Crippen LogP contribution is -2.40. The van der Waals surface area contributed by atoms with Crippen LogP contribution in [0.4, 0.5) is 10.1 Å². The van der Waals surface area contributed by atoms with Crippen molar-refractivity contribution < 1.29 is 9.50 Å². The minimum atomic E-state index is -0.271. The SMILES string of the molecule is CCCN(CCC)CC(=C1CCC1)N1c2ccccc2CC1CF.CCc1ccc(O)cc1. The molecule has 1 N–H and O–H groups in total. The third-order valence-corrected chi connectivity index (χ3v) is 6.70. The molecule has 1 fully saturated rings. The summed E-state index contributed by atoms with van der Waals surface area (Å²) >= 11 is 0. The number of alkyl halides is 1. The highest BCUT2D eigenvalue weighted by molar-refractivity contribution is 5.64. The predicted molar refractivity (Wildman–Crippen MR) is 138 cm³/mol. The Morgan fingerprint density at radius 3 is 2.21 bits per heavy atom. The topological polar surface area (TPSA) is 26.7 Å². The lowest BCUT2D eigenvalue weighted by Gasteiger charge is -2.36. The molecule has 0 saturated heterocycles. The van der Waals surface area contributed by atoms with Crippen molar-refractivity contribution in [2.45, 2.75) is 71.8 Å². The van der Waals surface area contributed by atoms with E-state index in [1.54, 1.807) is 17.7 Å². The number of halogens is 1. The largest absolute Gasteiger partial charge is 0.508 e. The fraction of sp³-hybridized carbons (Fsp3) is 0.517. The molecule has 0 aromatic heterocycles. The van der Waals surface area contributed by atoms with E-state index >= 15 is 0 Å². The highest BCUT2D eigenvalue weighted by Crippen LogP contribution is 2.40. The summed E-state index contributed by atoms with van der Waals surface area (Å²) in [5.41, 5.74) is 6.75. The van der Waals surface area contributed by atoms with Crippen molar-refractivity contribution in [1.82, 2.24) is 4.90 Å². The number of rotatable bonds is 9. The van der Waals surface area contributed by atoms with Crippen LogP contribution in [-0.2, 0) is 12.8 Å². The van der Waals surface area contributed by atoms with Gasteiger partial charge in [0.2, 0.25) is 0 Å². The minimum absolute atomic E-state index is 0.0180.